The number of hydrogen-bond donors (Lipinski definition) is 1. The Morgan fingerprint density at radius 3 is 2.52 bits per heavy atom. The van der Waals surface area contributed by atoms with Crippen LogP contribution < -0.4 is 10.1 Å². The van der Waals surface area contributed by atoms with Gasteiger partial charge in [-0.25, -0.2) is 0 Å². The zero-order valence-electron chi connectivity index (χ0n) is 14.4. The highest BCUT2D eigenvalue weighted by Crippen LogP contribution is 2.34. The first-order valence-electron chi connectivity index (χ1n) is 7.98. The number of rotatable bonds is 5. The van der Waals surface area contributed by atoms with Gasteiger partial charge in [0.25, 0.3) is 5.91 Å². The monoisotopic (exact) mass is 352 g/mol. The largest absolute Gasteiger partial charge is 0.487 e. The molecule has 0 saturated carbocycles. The van der Waals surface area contributed by atoms with E-state index in [0.29, 0.717) is 5.56 Å². The Kier molecular flexibility index (Phi) is 4.86. The highest BCUT2D eigenvalue weighted by atomic mass is 32.1. The summed E-state index contributed by atoms with van der Waals surface area (Å²) in [5.41, 5.74) is 1.78. The molecular weight excluding hydrogens is 332 g/mol. The number of methoxy groups -OCH3 is 1. The van der Waals surface area contributed by atoms with Crippen molar-refractivity contribution in [1.82, 2.24) is 10.3 Å². The van der Waals surface area contributed by atoms with Gasteiger partial charge in [-0.15, -0.1) is 0 Å². The number of ether oxygens (including phenoxy) is 1. The van der Waals surface area contributed by atoms with Gasteiger partial charge in [0.1, 0.15) is 0 Å². The van der Waals surface area contributed by atoms with Crippen LogP contribution in [0.2, 0.25) is 0 Å². The molecule has 1 N–H and O–H groups in total. The van der Waals surface area contributed by atoms with Crippen molar-refractivity contribution in [3.63, 3.8) is 0 Å². The van der Waals surface area contributed by atoms with Crippen molar-refractivity contribution in [3.8, 4) is 15.5 Å². The molecule has 0 saturated heterocycles. The summed E-state index contributed by atoms with van der Waals surface area (Å²) in [5.74, 6) is -0.126. The van der Waals surface area contributed by atoms with E-state index in [9.17, 15) is 4.79 Å². The fourth-order valence-electron chi connectivity index (χ4n) is 2.62. The molecule has 4 nitrogen and oxygen atoms in total. The van der Waals surface area contributed by atoms with E-state index < -0.39 is 5.54 Å². The lowest BCUT2D eigenvalue weighted by molar-refractivity contribution is 0.0911. The van der Waals surface area contributed by atoms with E-state index in [4.69, 9.17) is 4.74 Å². The van der Waals surface area contributed by atoms with Crippen molar-refractivity contribution in [2.24, 2.45) is 0 Å². The summed E-state index contributed by atoms with van der Waals surface area (Å²) >= 11 is 1.52. The highest BCUT2D eigenvalue weighted by molar-refractivity contribution is 7.17. The molecule has 0 aliphatic carbocycles. The fourth-order valence-corrected chi connectivity index (χ4v) is 3.48. The van der Waals surface area contributed by atoms with E-state index in [1.165, 1.54) is 11.3 Å². The van der Waals surface area contributed by atoms with E-state index in [1.54, 1.807) is 13.3 Å². The Hall–Kier alpha value is -2.66. The third-order valence-electron chi connectivity index (χ3n) is 3.95. The molecule has 1 amide bonds. The number of thiophene rings is 1. The van der Waals surface area contributed by atoms with Gasteiger partial charge in [0.05, 0.1) is 18.3 Å². The van der Waals surface area contributed by atoms with Crippen LogP contribution in [0.15, 0.2) is 60.8 Å². The standard InChI is InChI=1S/C20H20N2O2S/c1-20(2,17-10-6-7-13-21-17)22-19(23)15-9-5-4-8-14(15)16-11-12-18(24-3)25-16/h4-13H,1-3H3,(H,22,23). The van der Waals surface area contributed by atoms with Crippen LogP contribution >= 0.6 is 11.3 Å². The first kappa shape index (κ1) is 17.2. The number of nitrogens with zero attached hydrogens (tertiary/aromatic N) is 1. The summed E-state index contributed by atoms with van der Waals surface area (Å²) in [7, 11) is 1.64. The molecule has 25 heavy (non-hydrogen) atoms. The van der Waals surface area contributed by atoms with Gasteiger partial charge in [0, 0.05) is 22.2 Å². The third-order valence-corrected chi connectivity index (χ3v) is 5.03. The van der Waals surface area contributed by atoms with Crippen LogP contribution in [0.4, 0.5) is 0 Å². The Morgan fingerprint density at radius 1 is 1.08 bits per heavy atom. The molecule has 0 unspecified atom stereocenters. The second-order valence-electron chi connectivity index (χ2n) is 6.16. The average Bonchev–Trinajstić information content (AvgIpc) is 3.11. The maximum absolute atomic E-state index is 12.9. The maximum Gasteiger partial charge on any atom is 0.252 e. The van der Waals surface area contributed by atoms with Gasteiger partial charge in [0.15, 0.2) is 5.06 Å². The molecule has 0 atom stereocenters. The minimum absolute atomic E-state index is 0.126. The van der Waals surface area contributed by atoms with Crippen molar-refractivity contribution in [3.05, 3.63) is 72.1 Å². The Morgan fingerprint density at radius 2 is 1.84 bits per heavy atom. The molecular formula is C20H20N2O2S. The first-order valence-corrected chi connectivity index (χ1v) is 8.80. The molecule has 5 heteroatoms. The molecule has 0 radical (unpaired) electrons. The minimum Gasteiger partial charge on any atom is -0.487 e. The lowest BCUT2D eigenvalue weighted by Crippen LogP contribution is -2.41. The molecule has 0 aliphatic rings. The molecule has 3 aromatic rings. The van der Waals surface area contributed by atoms with Crippen LogP contribution in [0.1, 0.15) is 29.9 Å². The van der Waals surface area contributed by atoms with Gasteiger partial charge < -0.3 is 10.1 Å². The summed E-state index contributed by atoms with van der Waals surface area (Å²) in [4.78, 5) is 18.3. The predicted octanol–water partition coefficient (Wildman–Crippen LogP) is 4.48. The van der Waals surface area contributed by atoms with Gasteiger partial charge in [0.2, 0.25) is 0 Å². The lowest BCUT2D eigenvalue weighted by atomic mass is 9.98. The average molecular weight is 352 g/mol. The molecule has 0 fully saturated rings. The Bertz CT molecular complexity index is 872. The SMILES string of the molecule is COc1ccc(-c2ccccc2C(=O)NC(C)(C)c2ccccn2)s1. The summed E-state index contributed by atoms with van der Waals surface area (Å²) in [6.07, 6.45) is 1.73. The van der Waals surface area contributed by atoms with Crippen LogP contribution in [-0.2, 0) is 5.54 Å². The second-order valence-corrected chi connectivity index (χ2v) is 7.21. The first-order chi connectivity index (χ1) is 12.0. The number of benzene rings is 1. The van der Waals surface area contributed by atoms with E-state index in [1.807, 2.05) is 68.4 Å². The van der Waals surface area contributed by atoms with Crippen molar-refractivity contribution in [2.75, 3.05) is 7.11 Å². The molecule has 0 aliphatic heterocycles. The van der Waals surface area contributed by atoms with E-state index in [2.05, 4.69) is 10.3 Å². The molecule has 3 rings (SSSR count). The molecule has 2 heterocycles. The number of pyridine rings is 1. The van der Waals surface area contributed by atoms with Crippen molar-refractivity contribution in [1.29, 1.82) is 0 Å². The predicted molar refractivity (Wildman–Crippen MR) is 101 cm³/mol. The van der Waals surface area contributed by atoms with Gasteiger partial charge >= 0.3 is 0 Å². The molecule has 2 aromatic heterocycles. The van der Waals surface area contributed by atoms with Crippen LogP contribution in [0.5, 0.6) is 5.06 Å². The zero-order chi connectivity index (χ0) is 17.9. The molecule has 0 spiro atoms. The van der Waals surface area contributed by atoms with E-state index in [0.717, 1.165) is 21.2 Å². The third kappa shape index (κ3) is 3.72. The number of carbonyl (C=O) groups is 1. The maximum atomic E-state index is 12.9. The smallest absolute Gasteiger partial charge is 0.252 e. The quantitative estimate of drug-likeness (QED) is 0.736. The summed E-state index contributed by atoms with van der Waals surface area (Å²) in [5, 5.41) is 3.91. The van der Waals surface area contributed by atoms with Crippen LogP contribution in [0.25, 0.3) is 10.4 Å². The summed E-state index contributed by atoms with van der Waals surface area (Å²) in [6, 6.07) is 17.2. The van der Waals surface area contributed by atoms with Crippen LogP contribution in [0, 0.1) is 0 Å². The minimum atomic E-state index is -0.571. The number of hydrogen-bond acceptors (Lipinski definition) is 4. The van der Waals surface area contributed by atoms with Crippen LogP contribution in [0.3, 0.4) is 0 Å². The Labute approximate surface area is 151 Å². The number of amides is 1. The van der Waals surface area contributed by atoms with Gasteiger partial charge in [-0.05, 0) is 44.2 Å². The fraction of sp³-hybridized carbons (Fsp3) is 0.200. The van der Waals surface area contributed by atoms with E-state index in [-0.39, 0.29) is 5.91 Å². The normalized spacial score (nSPS) is 11.2. The van der Waals surface area contributed by atoms with Gasteiger partial charge in [-0.1, -0.05) is 35.6 Å². The summed E-state index contributed by atoms with van der Waals surface area (Å²) < 4.78 is 5.26. The molecule has 1 aromatic carbocycles. The highest BCUT2D eigenvalue weighted by Gasteiger charge is 2.26. The molecule has 0 bridgehead atoms. The number of carbonyl (C=O) groups excluding carboxylic acids is 1. The second kappa shape index (κ2) is 7.07. The van der Waals surface area contributed by atoms with Crippen molar-refractivity contribution >= 4 is 17.2 Å². The van der Waals surface area contributed by atoms with E-state index >= 15 is 0 Å². The van der Waals surface area contributed by atoms with Crippen molar-refractivity contribution < 1.29 is 9.53 Å². The number of aromatic nitrogens is 1. The zero-order valence-corrected chi connectivity index (χ0v) is 15.3. The Balaban J connectivity index is 1.90. The van der Waals surface area contributed by atoms with Gasteiger partial charge in [-0.3, -0.25) is 9.78 Å². The molecule has 128 valence electrons. The summed E-state index contributed by atoms with van der Waals surface area (Å²) in [6.45, 7) is 3.90. The topological polar surface area (TPSA) is 51.2 Å². The lowest BCUT2D eigenvalue weighted by Gasteiger charge is -2.26. The van der Waals surface area contributed by atoms with Crippen LogP contribution in [-0.4, -0.2) is 18.0 Å². The van der Waals surface area contributed by atoms with Gasteiger partial charge in [-0.2, -0.15) is 0 Å². The van der Waals surface area contributed by atoms with Crippen molar-refractivity contribution in [2.45, 2.75) is 19.4 Å². The number of nitrogens with one attached hydrogen (secondary N) is 1.